The van der Waals surface area contributed by atoms with Gasteiger partial charge in [0.05, 0.1) is 0 Å². The first kappa shape index (κ1) is 12.9. The molecule has 0 aliphatic rings. The topological polar surface area (TPSA) is 30.9 Å². The summed E-state index contributed by atoms with van der Waals surface area (Å²) in [6.07, 6.45) is 2.19. The summed E-state index contributed by atoms with van der Waals surface area (Å²) in [4.78, 5) is 0. The van der Waals surface area contributed by atoms with E-state index in [1.165, 1.54) is 27.6 Å². The van der Waals surface area contributed by atoms with Crippen LogP contribution in [0.3, 0.4) is 0 Å². The van der Waals surface area contributed by atoms with Gasteiger partial charge in [-0.2, -0.15) is 0 Å². The molecule has 2 N–H and O–H groups in total. The lowest BCUT2D eigenvalue weighted by molar-refractivity contribution is 0.790. The molecule has 1 aromatic heterocycles. The summed E-state index contributed by atoms with van der Waals surface area (Å²) in [5.41, 5.74) is 11.2. The molecule has 1 heterocycles. The molecule has 0 saturated heterocycles. The molecular weight excluding hydrogens is 244 g/mol. The highest BCUT2D eigenvalue weighted by atomic mass is 15.0. The molecular formula is C18H20N2. The Morgan fingerprint density at radius 1 is 1.05 bits per heavy atom. The van der Waals surface area contributed by atoms with Crippen LogP contribution in [0.1, 0.15) is 29.7 Å². The number of rotatable bonds is 3. The van der Waals surface area contributed by atoms with Gasteiger partial charge < -0.3 is 10.3 Å². The van der Waals surface area contributed by atoms with Crippen LogP contribution in [0.2, 0.25) is 0 Å². The standard InChI is InChI=1S/C18H20N2/c1-13-7-9-15(10-8-13)11-20-12-17(14(2)19)16-5-3-4-6-18(16)20/h3-10,12,14H,11,19H2,1-2H3/t14-/m0/s1. The summed E-state index contributed by atoms with van der Waals surface area (Å²) >= 11 is 0. The number of aryl methyl sites for hydroxylation is 1. The van der Waals surface area contributed by atoms with Gasteiger partial charge in [0.25, 0.3) is 0 Å². The van der Waals surface area contributed by atoms with E-state index in [1.807, 2.05) is 6.92 Å². The molecule has 20 heavy (non-hydrogen) atoms. The normalized spacial score (nSPS) is 12.8. The van der Waals surface area contributed by atoms with E-state index >= 15 is 0 Å². The molecule has 2 heteroatoms. The highest BCUT2D eigenvalue weighted by molar-refractivity contribution is 5.84. The monoisotopic (exact) mass is 264 g/mol. The average molecular weight is 264 g/mol. The van der Waals surface area contributed by atoms with Crippen molar-refractivity contribution in [1.82, 2.24) is 4.57 Å². The minimum absolute atomic E-state index is 0.0548. The predicted molar refractivity (Wildman–Crippen MR) is 84.8 cm³/mol. The molecule has 0 saturated carbocycles. The third-order valence-electron chi connectivity index (χ3n) is 3.78. The van der Waals surface area contributed by atoms with Crippen molar-refractivity contribution in [3.05, 3.63) is 71.4 Å². The molecule has 3 aromatic rings. The first-order valence-electron chi connectivity index (χ1n) is 7.04. The highest BCUT2D eigenvalue weighted by Gasteiger charge is 2.11. The zero-order chi connectivity index (χ0) is 14.1. The van der Waals surface area contributed by atoms with Gasteiger partial charge in [-0.1, -0.05) is 48.0 Å². The van der Waals surface area contributed by atoms with E-state index in [0.717, 1.165) is 6.54 Å². The molecule has 102 valence electrons. The molecule has 0 fully saturated rings. The fraction of sp³-hybridized carbons (Fsp3) is 0.222. The summed E-state index contributed by atoms with van der Waals surface area (Å²) in [6, 6.07) is 17.2. The van der Waals surface area contributed by atoms with Crippen LogP contribution in [-0.4, -0.2) is 4.57 Å². The van der Waals surface area contributed by atoms with Crippen LogP contribution < -0.4 is 5.73 Å². The van der Waals surface area contributed by atoms with Crippen molar-refractivity contribution < 1.29 is 0 Å². The summed E-state index contributed by atoms with van der Waals surface area (Å²) in [5, 5.41) is 1.26. The second-order valence-corrected chi connectivity index (χ2v) is 5.50. The van der Waals surface area contributed by atoms with Gasteiger partial charge in [-0.15, -0.1) is 0 Å². The number of hydrogen-bond donors (Lipinski definition) is 1. The van der Waals surface area contributed by atoms with Crippen LogP contribution >= 0.6 is 0 Å². The van der Waals surface area contributed by atoms with Crippen molar-refractivity contribution in [1.29, 1.82) is 0 Å². The Morgan fingerprint density at radius 3 is 2.45 bits per heavy atom. The molecule has 2 aromatic carbocycles. The third-order valence-corrected chi connectivity index (χ3v) is 3.78. The second kappa shape index (κ2) is 5.14. The number of nitrogens with zero attached hydrogens (tertiary/aromatic N) is 1. The maximum absolute atomic E-state index is 6.09. The maximum Gasteiger partial charge on any atom is 0.0486 e. The summed E-state index contributed by atoms with van der Waals surface area (Å²) < 4.78 is 2.29. The number of aromatic nitrogens is 1. The molecule has 0 spiro atoms. The summed E-state index contributed by atoms with van der Waals surface area (Å²) in [7, 11) is 0. The minimum Gasteiger partial charge on any atom is -0.343 e. The smallest absolute Gasteiger partial charge is 0.0486 e. The van der Waals surface area contributed by atoms with E-state index in [-0.39, 0.29) is 6.04 Å². The highest BCUT2D eigenvalue weighted by Crippen LogP contribution is 2.26. The number of nitrogens with two attached hydrogens (primary N) is 1. The van der Waals surface area contributed by atoms with E-state index in [4.69, 9.17) is 5.73 Å². The van der Waals surface area contributed by atoms with E-state index in [2.05, 4.69) is 66.2 Å². The third kappa shape index (κ3) is 2.35. The van der Waals surface area contributed by atoms with Crippen LogP contribution in [0.5, 0.6) is 0 Å². The quantitative estimate of drug-likeness (QED) is 0.761. The van der Waals surface area contributed by atoms with Crippen LogP contribution in [0.4, 0.5) is 0 Å². The van der Waals surface area contributed by atoms with Crippen molar-refractivity contribution in [2.24, 2.45) is 5.73 Å². The molecule has 2 nitrogen and oxygen atoms in total. The minimum atomic E-state index is 0.0548. The fourth-order valence-electron chi connectivity index (χ4n) is 2.66. The van der Waals surface area contributed by atoms with E-state index in [1.54, 1.807) is 0 Å². The van der Waals surface area contributed by atoms with Gasteiger partial charge in [-0.05, 0) is 31.0 Å². The second-order valence-electron chi connectivity index (χ2n) is 5.50. The Hall–Kier alpha value is -2.06. The lowest BCUT2D eigenvalue weighted by atomic mass is 10.1. The number of para-hydroxylation sites is 1. The first-order valence-corrected chi connectivity index (χ1v) is 7.04. The van der Waals surface area contributed by atoms with E-state index in [9.17, 15) is 0 Å². The van der Waals surface area contributed by atoms with Crippen molar-refractivity contribution in [2.75, 3.05) is 0 Å². The number of fused-ring (bicyclic) bond motifs is 1. The van der Waals surface area contributed by atoms with Crippen LogP contribution in [-0.2, 0) is 6.54 Å². The number of benzene rings is 2. The zero-order valence-electron chi connectivity index (χ0n) is 12.0. The largest absolute Gasteiger partial charge is 0.343 e. The van der Waals surface area contributed by atoms with Gasteiger partial charge in [-0.3, -0.25) is 0 Å². The molecule has 0 aliphatic heterocycles. The molecule has 0 radical (unpaired) electrons. The molecule has 3 rings (SSSR count). The Morgan fingerprint density at radius 2 is 1.75 bits per heavy atom. The van der Waals surface area contributed by atoms with Crippen LogP contribution in [0.15, 0.2) is 54.7 Å². The van der Waals surface area contributed by atoms with Gasteiger partial charge in [0.15, 0.2) is 0 Å². The van der Waals surface area contributed by atoms with Crippen molar-refractivity contribution in [3.8, 4) is 0 Å². The van der Waals surface area contributed by atoms with Crippen molar-refractivity contribution in [3.63, 3.8) is 0 Å². The average Bonchev–Trinajstić information content (AvgIpc) is 2.81. The van der Waals surface area contributed by atoms with E-state index in [0.29, 0.717) is 0 Å². The molecule has 1 atom stereocenters. The molecule has 0 bridgehead atoms. The lowest BCUT2D eigenvalue weighted by Gasteiger charge is -2.06. The molecule has 0 aliphatic carbocycles. The van der Waals surface area contributed by atoms with Crippen LogP contribution in [0.25, 0.3) is 10.9 Å². The molecule has 0 amide bonds. The fourth-order valence-corrected chi connectivity index (χ4v) is 2.66. The van der Waals surface area contributed by atoms with Gasteiger partial charge in [0.2, 0.25) is 0 Å². The lowest BCUT2D eigenvalue weighted by Crippen LogP contribution is -2.04. The van der Waals surface area contributed by atoms with Crippen molar-refractivity contribution >= 4 is 10.9 Å². The first-order chi connectivity index (χ1) is 9.65. The van der Waals surface area contributed by atoms with E-state index < -0.39 is 0 Å². The van der Waals surface area contributed by atoms with Gasteiger partial charge in [0.1, 0.15) is 0 Å². The summed E-state index contributed by atoms with van der Waals surface area (Å²) in [5.74, 6) is 0. The number of hydrogen-bond acceptors (Lipinski definition) is 1. The Kier molecular flexibility index (Phi) is 3.33. The summed E-state index contributed by atoms with van der Waals surface area (Å²) in [6.45, 7) is 5.04. The predicted octanol–water partition coefficient (Wildman–Crippen LogP) is 4.02. The maximum atomic E-state index is 6.09. The molecule has 0 unspecified atom stereocenters. The zero-order valence-corrected chi connectivity index (χ0v) is 12.0. The van der Waals surface area contributed by atoms with Gasteiger partial charge in [0, 0.05) is 29.7 Å². The van der Waals surface area contributed by atoms with Gasteiger partial charge in [-0.25, -0.2) is 0 Å². The van der Waals surface area contributed by atoms with Crippen molar-refractivity contribution in [2.45, 2.75) is 26.4 Å². The Labute approximate surface area is 119 Å². The van der Waals surface area contributed by atoms with Crippen LogP contribution in [0, 0.1) is 6.92 Å². The van der Waals surface area contributed by atoms with Gasteiger partial charge >= 0.3 is 0 Å². The Balaban J connectivity index is 2.05. The Bertz CT molecular complexity index is 721. The SMILES string of the molecule is Cc1ccc(Cn2cc([C@H](C)N)c3ccccc32)cc1.